The summed E-state index contributed by atoms with van der Waals surface area (Å²) in [5.74, 6) is 0.819. The molecule has 16 heavy (non-hydrogen) atoms. The van der Waals surface area contributed by atoms with Crippen LogP contribution in [0.2, 0.25) is 0 Å². The summed E-state index contributed by atoms with van der Waals surface area (Å²) in [4.78, 5) is 0. The Kier molecular flexibility index (Phi) is 3.96. The molecule has 0 spiro atoms. The van der Waals surface area contributed by atoms with E-state index >= 15 is 0 Å². The van der Waals surface area contributed by atoms with Crippen LogP contribution in [0.15, 0.2) is 20.1 Å². The van der Waals surface area contributed by atoms with Crippen LogP contribution in [0.4, 0.5) is 0 Å². The number of sulfonamides is 1. The normalized spacial score (nSPS) is 22.8. The van der Waals surface area contributed by atoms with Crippen LogP contribution in [0.5, 0.6) is 0 Å². The lowest BCUT2D eigenvalue weighted by Crippen LogP contribution is -2.28. The van der Waals surface area contributed by atoms with Crippen LogP contribution < -0.4 is 0 Å². The van der Waals surface area contributed by atoms with E-state index in [4.69, 9.17) is 11.6 Å². The Morgan fingerprint density at radius 1 is 1.56 bits per heavy atom. The Balaban J connectivity index is 2.21. The van der Waals surface area contributed by atoms with Gasteiger partial charge in [0, 0.05) is 19.0 Å². The van der Waals surface area contributed by atoms with Crippen LogP contribution in [0, 0.1) is 5.92 Å². The molecule has 1 aliphatic rings. The maximum Gasteiger partial charge on any atom is 0.252 e. The first kappa shape index (κ1) is 12.8. The van der Waals surface area contributed by atoms with E-state index in [2.05, 4.69) is 15.9 Å². The fraction of sp³-hybridized carbons (Fsp3) is 0.556. The van der Waals surface area contributed by atoms with Gasteiger partial charge in [-0.3, -0.25) is 0 Å². The minimum Gasteiger partial charge on any atom is -0.206 e. The van der Waals surface area contributed by atoms with E-state index in [1.54, 1.807) is 12.1 Å². The van der Waals surface area contributed by atoms with Gasteiger partial charge in [0.15, 0.2) is 0 Å². The first-order valence-electron chi connectivity index (χ1n) is 4.85. The van der Waals surface area contributed by atoms with Gasteiger partial charge in [0.2, 0.25) is 0 Å². The zero-order chi connectivity index (χ0) is 11.8. The van der Waals surface area contributed by atoms with Gasteiger partial charge >= 0.3 is 0 Å². The van der Waals surface area contributed by atoms with Gasteiger partial charge < -0.3 is 0 Å². The molecular weight excluding hydrogens is 334 g/mol. The summed E-state index contributed by atoms with van der Waals surface area (Å²) in [7, 11) is -3.30. The van der Waals surface area contributed by atoms with Crippen molar-refractivity contribution < 1.29 is 8.42 Å². The average Bonchev–Trinajstić information content (AvgIpc) is 2.85. The van der Waals surface area contributed by atoms with Crippen LogP contribution in [-0.4, -0.2) is 31.7 Å². The van der Waals surface area contributed by atoms with Crippen LogP contribution in [0.1, 0.15) is 6.42 Å². The van der Waals surface area contributed by atoms with Crippen molar-refractivity contribution in [2.24, 2.45) is 5.92 Å². The maximum absolute atomic E-state index is 12.2. The van der Waals surface area contributed by atoms with Crippen molar-refractivity contribution in [3.63, 3.8) is 0 Å². The Labute approximate surface area is 113 Å². The minimum absolute atomic E-state index is 0.292. The molecule has 0 saturated carbocycles. The van der Waals surface area contributed by atoms with Gasteiger partial charge in [-0.2, -0.15) is 4.31 Å². The predicted octanol–water partition coefficient (Wildman–Crippen LogP) is 2.76. The van der Waals surface area contributed by atoms with E-state index in [1.165, 1.54) is 15.6 Å². The third kappa shape index (κ3) is 2.46. The summed E-state index contributed by atoms with van der Waals surface area (Å²) in [6.45, 7) is 1.12. The van der Waals surface area contributed by atoms with Gasteiger partial charge in [0.25, 0.3) is 10.0 Å². The summed E-state index contributed by atoms with van der Waals surface area (Å²) in [5, 5.41) is 0. The second-order valence-electron chi connectivity index (χ2n) is 3.73. The van der Waals surface area contributed by atoms with Crippen LogP contribution in [0.3, 0.4) is 0 Å². The highest BCUT2D eigenvalue weighted by Gasteiger charge is 2.32. The standard InChI is InChI=1S/C9H11BrClNO2S2/c10-8-1-2-9(15-8)16(13,14)12-4-3-7(5-11)6-12/h1-2,7H,3-6H2. The molecular formula is C9H11BrClNO2S2. The van der Waals surface area contributed by atoms with E-state index in [0.717, 1.165) is 10.2 Å². The molecule has 0 bridgehead atoms. The number of alkyl halides is 1. The minimum atomic E-state index is -3.30. The molecule has 3 nitrogen and oxygen atoms in total. The second-order valence-corrected chi connectivity index (χ2v) is 8.67. The third-order valence-corrected chi connectivity index (χ3v) is 7.00. The fourth-order valence-corrected chi connectivity index (χ4v) is 5.65. The van der Waals surface area contributed by atoms with Gasteiger partial charge in [-0.05, 0) is 40.4 Å². The molecule has 1 fully saturated rings. The van der Waals surface area contributed by atoms with Gasteiger partial charge in [-0.1, -0.05) is 0 Å². The molecule has 0 aromatic carbocycles. The van der Waals surface area contributed by atoms with Crippen molar-refractivity contribution >= 4 is 48.9 Å². The van der Waals surface area contributed by atoms with Crippen molar-refractivity contribution in [2.75, 3.05) is 19.0 Å². The fourth-order valence-electron chi connectivity index (χ4n) is 1.70. The Bertz CT molecular complexity index is 474. The molecule has 2 heterocycles. The maximum atomic E-state index is 12.2. The average molecular weight is 345 g/mol. The van der Waals surface area contributed by atoms with E-state index < -0.39 is 10.0 Å². The molecule has 7 heteroatoms. The van der Waals surface area contributed by atoms with Crippen molar-refractivity contribution in [2.45, 2.75) is 10.6 Å². The molecule has 1 aliphatic heterocycles. The van der Waals surface area contributed by atoms with Crippen LogP contribution >= 0.6 is 38.9 Å². The number of nitrogens with zero attached hydrogens (tertiary/aromatic N) is 1. The molecule has 0 radical (unpaired) electrons. The first-order valence-corrected chi connectivity index (χ1v) is 8.44. The van der Waals surface area contributed by atoms with Crippen molar-refractivity contribution in [1.29, 1.82) is 0 Å². The zero-order valence-corrected chi connectivity index (χ0v) is 12.4. The highest BCUT2D eigenvalue weighted by molar-refractivity contribution is 9.11. The van der Waals surface area contributed by atoms with Gasteiger partial charge in [0.1, 0.15) is 4.21 Å². The van der Waals surface area contributed by atoms with Crippen molar-refractivity contribution in [3.8, 4) is 0 Å². The largest absolute Gasteiger partial charge is 0.252 e. The summed E-state index contributed by atoms with van der Waals surface area (Å²) in [5.41, 5.74) is 0. The molecule has 1 saturated heterocycles. The summed E-state index contributed by atoms with van der Waals surface area (Å²) in [6, 6.07) is 3.39. The Morgan fingerprint density at radius 2 is 2.31 bits per heavy atom. The smallest absolute Gasteiger partial charge is 0.206 e. The molecule has 90 valence electrons. The third-order valence-electron chi connectivity index (χ3n) is 2.61. The second kappa shape index (κ2) is 4.94. The molecule has 1 aromatic rings. The summed E-state index contributed by atoms with van der Waals surface area (Å²) >= 11 is 10.3. The van der Waals surface area contributed by atoms with E-state index in [-0.39, 0.29) is 0 Å². The van der Waals surface area contributed by atoms with Gasteiger partial charge in [-0.25, -0.2) is 8.42 Å². The van der Waals surface area contributed by atoms with E-state index in [9.17, 15) is 8.42 Å². The number of thiophene rings is 1. The Morgan fingerprint density at radius 3 is 2.81 bits per heavy atom. The number of hydrogen-bond acceptors (Lipinski definition) is 3. The lowest BCUT2D eigenvalue weighted by atomic mass is 10.2. The highest BCUT2D eigenvalue weighted by atomic mass is 79.9. The summed E-state index contributed by atoms with van der Waals surface area (Å²) in [6.07, 6.45) is 0.856. The lowest BCUT2D eigenvalue weighted by Gasteiger charge is -2.14. The van der Waals surface area contributed by atoms with Crippen molar-refractivity contribution in [1.82, 2.24) is 4.31 Å². The van der Waals surface area contributed by atoms with E-state index in [1.807, 2.05) is 0 Å². The van der Waals surface area contributed by atoms with Gasteiger partial charge in [-0.15, -0.1) is 22.9 Å². The predicted molar refractivity (Wildman–Crippen MR) is 69.6 cm³/mol. The lowest BCUT2D eigenvalue weighted by molar-refractivity contribution is 0.467. The van der Waals surface area contributed by atoms with Crippen molar-refractivity contribution in [3.05, 3.63) is 15.9 Å². The molecule has 1 aromatic heterocycles. The highest BCUT2D eigenvalue weighted by Crippen LogP contribution is 2.31. The quantitative estimate of drug-likeness (QED) is 0.791. The molecule has 1 atom stereocenters. The number of halogens is 2. The van der Waals surface area contributed by atoms with Crippen LogP contribution in [-0.2, 0) is 10.0 Å². The molecule has 2 rings (SSSR count). The Hall–Kier alpha value is 0.380. The molecule has 0 N–H and O–H groups in total. The zero-order valence-electron chi connectivity index (χ0n) is 8.40. The van der Waals surface area contributed by atoms with Gasteiger partial charge in [0.05, 0.1) is 3.79 Å². The monoisotopic (exact) mass is 343 g/mol. The summed E-state index contributed by atoms with van der Waals surface area (Å²) < 4.78 is 27.1. The number of hydrogen-bond donors (Lipinski definition) is 0. The SMILES string of the molecule is O=S(=O)(c1ccc(Br)s1)N1CCC(CCl)C1. The van der Waals surface area contributed by atoms with E-state index in [0.29, 0.717) is 29.1 Å². The topological polar surface area (TPSA) is 37.4 Å². The molecule has 0 aliphatic carbocycles. The molecule has 1 unspecified atom stereocenters. The van der Waals surface area contributed by atoms with Crippen LogP contribution in [0.25, 0.3) is 0 Å². The molecule has 0 amide bonds. The number of rotatable bonds is 3. The first-order chi connectivity index (χ1) is 7.54.